The van der Waals surface area contributed by atoms with Crippen LogP contribution in [0.1, 0.15) is 37.7 Å². The van der Waals surface area contributed by atoms with Crippen LogP contribution in [0.4, 0.5) is 0 Å². The van der Waals surface area contributed by atoms with Gasteiger partial charge < -0.3 is 9.80 Å². The summed E-state index contributed by atoms with van der Waals surface area (Å²) in [6.45, 7) is 2.15. The molecular weight excluding hydrogens is 260 g/mol. The van der Waals surface area contributed by atoms with Gasteiger partial charge in [0.05, 0.1) is 0 Å². The molecule has 3 heteroatoms. The van der Waals surface area contributed by atoms with E-state index in [9.17, 15) is 4.79 Å². The van der Waals surface area contributed by atoms with Gasteiger partial charge in [0.25, 0.3) is 0 Å². The van der Waals surface area contributed by atoms with Crippen LogP contribution in [0.25, 0.3) is 0 Å². The van der Waals surface area contributed by atoms with Crippen LogP contribution in [-0.2, 0) is 11.2 Å². The Balaban J connectivity index is 1.58. The lowest BCUT2D eigenvalue weighted by molar-refractivity contribution is -0.132. The number of carbonyl (C=O) groups excluding carboxylic acids is 1. The van der Waals surface area contributed by atoms with Crippen molar-refractivity contribution < 1.29 is 4.79 Å². The van der Waals surface area contributed by atoms with Gasteiger partial charge in [-0.15, -0.1) is 0 Å². The molecule has 0 bridgehead atoms. The van der Waals surface area contributed by atoms with E-state index in [1.165, 1.54) is 37.8 Å². The normalized spacial score (nSPS) is 26.4. The van der Waals surface area contributed by atoms with E-state index in [0.717, 1.165) is 13.0 Å². The molecule has 2 unspecified atom stereocenters. The van der Waals surface area contributed by atoms with Gasteiger partial charge in [0.15, 0.2) is 0 Å². The first kappa shape index (κ1) is 14.6. The number of likely N-dealkylation sites (N-methyl/N-ethyl adjacent to an activating group) is 1. The second kappa shape index (κ2) is 6.61. The van der Waals surface area contributed by atoms with Crippen LogP contribution in [0.15, 0.2) is 30.3 Å². The Hall–Kier alpha value is -1.35. The summed E-state index contributed by atoms with van der Waals surface area (Å²) in [5.41, 5.74) is 1.26. The lowest BCUT2D eigenvalue weighted by atomic mass is 10.0. The van der Waals surface area contributed by atoms with Crippen LogP contribution in [-0.4, -0.2) is 47.9 Å². The standard InChI is InChI=1S/C18H26N2O/c1-19-13-5-9-16(19)17-10-6-14-20(17)18(21)12-11-15-7-3-2-4-8-15/h2-4,7-8,16-17H,5-6,9-14H2,1H3. The Morgan fingerprint density at radius 3 is 2.52 bits per heavy atom. The van der Waals surface area contributed by atoms with Gasteiger partial charge in [-0.3, -0.25) is 4.79 Å². The predicted octanol–water partition coefficient (Wildman–Crippen LogP) is 2.70. The van der Waals surface area contributed by atoms with Crippen LogP contribution in [0, 0.1) is 0 Å². The first-order valence-corrected chi connectivity index (χ1v) is 8.29. The SMILES string of the molecule is CN1CCCC1C1CCCN1C(=O)CCc1ccccc1. The number of aryl methyl sites for hydroxylation is 1. The number of likely N-dealkylation sites (tertiary alicyclic amines) is 2. The average Bonchev–Trinajstić information content (AvgIpc) is 3.14. The number of hydrogen-bond acceptors (Lipinski definition) is 2. The third-order valence-electron chi connectivity index (χ3n) is 5.11. The van der Waals surface area contributed by atoms with Gasteiger partial charge in [-0.2, -0.15) is 0 Å². The highest BCUT2D eigenvalue weighted by Crippen LogP contribution is 2.29. The zero-order chi connectivity index (χ0) is 14.7. The van der Waals surface area contributed by atoms with Crippen molar-refractivity contribution in [3.8, 4) is 0 Å². The molecule has 3 nitrogen and oxygen atoms in total. The van der Waals surface area contributed by atoms with Gasteiger partial charge >= 0.3 is 0 Å². The van der Waals surface area contributed by atoms with Crippen LogP contribution >= 0.6 is 0 Å². The van der Waals surface area contributed by atoms with Crippen molar-refractivity contribution in [2.45, 2.75) is 50.6 Å². The van der Waals surface area contributed by atoms with E-state index < -0.39 is 0 Å². The fraction of sp³-hybridized carbons (Fsp3) is 0.611. The Labute approximate surface area is 127 Å². The van der Waals surface area contributed by atoms with E-state index in [4.69, 9.17) is 0 Å². The van der Waals surface area contributed by atoms with E-state index in [0.29, 0.717) is 24.4 Å². The van der Waals surface area contributed by atoms with E-state index in [-0.39, 0.29) is 0 Å². The maximum Gasteiger partial charge on any atom is 0.223 e. The van der Waals surface area contributed by atoms with Crippen LogP contribution < -0.4 is 0 Å². The molecule has 0 radical (unpaired) electrons. The van der Waals surface area contributed by atoms with Crippen molar-refractivity contribution in [1.29, 1.82) is 0 Å². The molecule has 3 rings (SSSR count). The number of rotatable bonds is 4. The minimum Gasteiger partial charge on any atom is -0.338 e. The van der Waals surface area contributed by atoms with Crippen LogP contribution in [0.2, 0.25) is 0 Å². The second-order valence-corrected chi connectivity index (χ2v) is 6.47. The predicted molar refractivity (Wildman–Crippen MR) is 85.2 cm³/mol. The molecule has 0 spiro atoms. The highest BCUT2D eigenvalue weighted by atomic mass is 16.2. The largest absolute Gasteiger partial charge is 0.338 e. The molecule has 2 atom stereocenters. The molecule has 2 heterocycles. The average molecular weight is 286 g/mol. The second-order valence-electron chi connectivity index (χ2n) is 6.47. The molecule has 2 aliphatic heterocycles. The van der Waals surface area contributed by atoms with Crippen molar-refractivity contribution in [2.75, 3.05) is 20.1 Å². The molecule has 1 aromatic carbocycles. The maximum atomic E-state index is 12.6. The summed E-state index contributed by atoms with van der Waals surface area (Å²) in [4.78, 5) is 17.2. The van der Waals surface area contributed by atoms with Crippen molar-refractivity contribution in [3.63, 3.8) is 0 Å². The van der Waals surface area contributed by atoms with Gasteiger partial charge in [0.1, 0.15) is 0 Å². The maximum absolute atomic E-state index is 12.6. The Morgan fingerprint density at radius 2 is 1.81 bits per heavy atom. The van der Waals surface area contributed by atoms with Crippen molar-refractivity contribution in [1.82, 2.24) is 9.80 Å². The zero-order valence-electron chi connectivity index (χ0n) is 13.0. The monoisotopic (exact) mass is 286 g/mol. The Kier molecular flexibility index (Phi) is 4.59. The third kappa shape index (κ3) is 3.29. The molecule has 0 N–H and O–H groups in total. The van der Waals surface area contributed by atoms with Crippen LogP contribution in [0.3, 0.4) is 0 Å². The van der Waals surface area contributed by atoms with E-state index >= 15 is 0 Å². The summed E-state index contributed by atoms with van der Waals surface area (Å²) in [6.07, 6.45) is 6.41. The van der Waals surface area contributed by atoms with Crippen molar-refractivity contribution in [3.05, 3.63) is 35.9 Å². The summed E-state index contributed by atoms with van der Waals surface area (Å²) < 4.78 is 0. The highest BCUT2D eigenvalue weighted by molar-refractivity contribution is 5.77. The van der Waals surface area contributed by atoms with E-state index in [1.807, 2.05) is 18.2 Å². The molecule has 0 aromatic heterocycles. The lowest BCUT2D eigenvalue weighted by Crippen LogP contribution is -2.47. The molecule has 0 saturated carbocycles. The van der Waals surface area contributed by atoms with Crippen molar-refractivity contribution in [2.24, 2.45) is 0 Å². The number of nitrogens with zero attached hydrogens (tertiary/aromatic N) is 2. The molecular formula is C18H26N2O. The van der Waals surface area contributed by atoms with Gasteiger partial charge in [0.2, 0.25) is 5.91 Å². The summed E-state index contributed by atoms with van der Waals surface area (Å²) >= 11 is 0. The van der Waals surface area contributed by atoms with Gasteiger partial charge in [-0.1, -0.05) is 30.3 Å². The topological polar surface area (TPSA) is 23.6 Å². The number of hydrogen-bond donors (Lipinski definition) is 0. The van der Waals surface area contributed by atoms with Crippen molar-refractivity contribution >= 4 is 5.91 Å². The molecule has 21 heavy (non-hydrogen) atoms. The molecule has 2 aliphatic rings. The minimum absolute atomic E-state index is 0.349. The lowest BCUT2D eigenvalue weighted by Gasteiger charge is -2.33. The Morgan fingerprint density at radius 1 is 1.10 bits per heavy atom. The summed E-state index contributed by atoms with van der Waals surface area (Å²) in [7, 11) is 2.21. The quantitative estimate of drug-likeness (QED) is 0.849. The molecule has 2 saturated heterocycles. The molecule has 1 aromatic rings. The highest BCUT2D eigenvalue weighted by Gasteiger charge is 2.37. The number of carbonyl (C=O) groups is 1. The molecule has 0 aliphatic carbocycles. The summed E-state index contributed by atoms with van der Waals surface area (Å²) in [5, 5.41) is 0. The number of amides is 1. The molecule has 1 amide bonds. The molecule has 2 fully saturated rings. The Bertz CT molecular complexity index is 473. The van der Waals surface area contributed by atoms with E-state index in [1.54, 1.807) is 0 Å². The first-order valence-electron chi connectivity index (χ1n) is 8.29. The zero-order valence-corrected chi connectivity index (χ0v) is 13.0. The fourth-order valence-corrected chi connectivity index (χ4v) is 3.96. The summed E-state index contributed by atoms with van der Waals surface area (Å²) in [6, 6.07) is 11.4. The summed E-state index contributed by atoms with van der Waals surface area (Å²) in [5.74, 6) is 0.349. The van der Waals surface area contributed by atoms with E-state index in [2.05, 4.69) is 29.0 Å². The fourth-order valence-electron chi connectivity index (χ4n) is 3.96. The molecule has 114 valence electrons. The number of benzene rings is 1. The first-order chi connectivity index (χ1) is 10.3. The van der Waals surface area contributed by atoms with Gasteiger partial charge in [0, 0.05) is 25.0 Å². The van der Waals surface area contributed by atoms with Gasteiger partial charge in [-0.05, 0) is 51.3 Å². The minimum atomic E-state index is 0.349. The van der Waals surface area contributed by atoms with Gasteiger partial charge in [-0.25, -0.2) is 0 Å². The smallest absolute Gasteiger partial charge is 0.223 e. The third-order valence-corrected chi connectivity index (χ3v) is 5.11. The van der Waals surface area contributed by atoms with Crippen LogP contribution in [0.5, 0.6) is 0 Å².